The molecule has 1 aromatic heterocycles. The first-order chi connectivity index (χ1) is 12.1. The number of benzene rings is 1. The van der Waals surface area contributed by atoms with Crippen LogP contribution in [0.15, 0.2) is 53.2 Å². The fourth-order valence-corrected chi connectivity index (χ4v) is 3.09. The SMILES string of the molecule is CCCCN1C(=O)C(O)(CC(=O)C=Cc2ccco2)c2ccccc21. The smallest absolute Gasteiger partial charge is 0.264 e. The number of hydrogen-bond donors (Lipinski definition) is 1. The Hall–Kier alpha value is -2.66. The van der Waals surface area contributed by atoms with Crippen molar-refractivity contribution in [1.82, 2.24) is 0 Å². The maximum atomic E-state index is 12.8. The Labute approximate surface area is 146 Å². The van der Waals surface area contributed by atoms with Gasteiger partial charge in [0, 0.05) is 12.1 Å². The molecule has 2 heterocycles. The van der Waals surface area contributed by atoms with Crippen molar-refractivity contribution in [2.24, 2.45) is 0 Å². The number of anilines is 1. The zero-order valence-corrected chi connectivity index (χ0v) is 14.1. The highest BCUT2D eigenvalue weighted by atomic mass is 16.3. The van der Waals surface area contributed by atoms with Gasteiger partial charge in [-0.1, -0.05) is 31.5 Å². The van der Waals surface area contributed by atoms with Gasteiger partial charge in [0.15, 0.2) is 11.4 Å². The molecule has 1 N–H and O–H groups in total. The number of carbonyl (C=O) groups is 2. The van der Waals surface area contributed by atoms with Gasteiger partial charge in [-0.05, 0) is 36.8 Å². The van der Waals surface area contributed by atoms with Crippen molar-refractivity contribution in [2.45, 2.75) is 31.8 Å². The van der Waals surface area contributed by atoms with E-state index in [4.69, 9.17) is 4.42 Å². The fraction of sp³-hybridized carbons (Fsp3) is 0.300. The van der Waals surface area contributed by atoms with Crippen LogP contribution in [0.25, 0.3) is 6.08 Å². The predicted molar refractivity (Wildman–Crippen MR) is 95.0 cm³/mol. The van der Waals surface area contributed by atoms with Crippen LogP contribution in [0.4, 0.5) is 5.69 Å². The van der Waals surface area contributed by atoms with Gasteiger partial charge in [-0.15, -0.1) is 0 Å². The molecule has 1 atom stereocenters. The molecule has 1 aliphatic heterocycles. The topological polar surface area (TPSA) is 70.8 Å². The lowest BCUT2D eigenvalue weighted by molar-refractivity contribution is -0.140. The lowest BCUT2D eigenvalue weighted by atomic mass is 9.90. The van der Waals surface area contributed by atoms with E-state index in [1.54, 1.807) is 29.2 Å². The van der Waals surface area contributed by atoms with Crippen molar-refractivity contribution < 1.29 is 19.1 Å². The monoisotopic (exact) mass is 339 g/mol. The Kier molecular flexibility index (Phi) is 4.86. The summed E-state index contributed by atoms with van der Waals surface area (Å²) in [6.07, 6.45) is 5.87. The number of nitrogens with zero attached hydrogens (tertiary/aromatic N) is 1. The molecule has 0 spiro atoms. The average molecular weight is 339 g/mol. The first-order valence-electron chi connectivity index (χ1n) is 8.44. The average Bonchev–Trinajstić information content (AvgIpc) is 3.19. The molecule has 1 amide bonds. The van der Waals surface area contributed by atoms with Crippen LogP contribution < -0.4 is 4.90 Å². The van der Waals surface area contributed by atoms with Crippen LogP contribution in [0.3, 0.4) is 0 Å². The Morgan fingerprint density at radius 3 is 2.80 bits per heavy atom. The number of fused-ring (bicyclic) bond motifs is 1. The van der Waals surface area contributed by atoms with E-state index in [0.717, 1.165) is 12.8 Å². The van der Waals surface area contributed by atoms with Crippen LogP contribution in [0.5, 0.6) is 0 Å². The van der Waals surface area contributed by atoms with Gasteiger partial charge in [0.25, 0.3) is 5.91 Å². The van der Waals surface area contributed by atoms with Gasteiger partial charge < -0.3 is 14.4 Å². The molecule has 0 fully saturated rings. The third-order valence-corrected chi connectivity index (χ3v) is 4.38. The fourth-order valence-electron chi connectivity index (χ4n) is 3.09. The summed E-state index contributed by atoms with van der Waals surface area (Å²) in [6, 6.07) is 10.6. The van der Waals surface area contributed by atoms with Gasteiger partial charge in [-0.3, -0.25) is 9.59 Å². The van der Waals surface area contributed by atoms with E-state index in [0.29, 0.717) is 23.6 Å². The summed E-state index contributed by atoms with van der Waals surface area (Å²) in [7, 11) is 0. The quantitative estimate of drug-likeness (QED) is 0.786. The minimum Gasteiger partial charge on any atom is -0.465 e. The lowest BCUT2D eigenvalue weighted by Gasteiger charge is -2.22. The number of allylic oxidation sites excluding steroid dienone is 1. The van der Waals surface area contributed by atoms with Crippen LogP contribution >= 0.6 is 0 Å². The minimum absolute atomic E-state index is 0.289. The molecule has 0 radical (unpaired) electrons. The van der Waals surface area contributed by atoms with E-state index in [1.807, 2.05) is 19.1 Å². The standard InChI is InChI=1S/C20H21NO4/c1-2-3-12-21-18-9-5-4-8-17(18)20(24,19(21)23)14-15(22)10-11-16-7-6-13-25-16/h4-11,13,24H,2-3,12,14H2,1H3. The molecule has 5 heteroatoms. The maximum absolute atomic E-state index is 12.8. The lowest BCUT2D eigenvalue weighted by Crippen LogP contribution is -2.42. The third kappa shape index (κ3) is 3.28. The third-order valence-electron chi connectivity index (χ3n) is 4.38. The van der Waals surface area contributed by atoms with Crippen LogP contribution in [0.1, 0.15) is 37.5 Å². The molecule has 1 aromatic carbocycles. The number of carbonyl (C=O) groups excluding carboxylic acids is 2. The summed E-state index contributed by atoms with van der Waals surface area (Å²) in [4.78, 5) is 26.7. The van der Waals surface area contributed by atoms with E-state index in [1.165, 1.54) is 18.4 Å². The molecule has 2 aromatic rings. The van der Waals surface area contributed by atoms with E-state index in [2.05, 4.69) is 0 Å². The summed E-state index contributed by atoms with van der Waals surface area (Å²) in [5.74, 6) is -0.218. The number of ketones is 1. The van der Waals surface area contributed by atoms with E-state index < -0.39 is 11.5 Å². The molecule has 0 bridgehead atoms. The highest BCUT2D eigenvalue weighted by Crippen LogP contribution is 2.42. The Morgan fingerprint density at radius 2 is 2.08 bits per heavy atom. The second-order valence-corrected chi connectivity index (χ2v) is 6.18. The molecule has 3 rings (SSSR count). The van der Waals surface area contributed by atoms with Gasteiger partial charge in [-0.25, -0.2) is 0 Å². The van der Waals surface area contributed by atoms with Crippen LogP contribution in [-0.4, -0.2) is 23.3 Å². The molecule has 25 heavy (non-hydrogen) atoms. The van der Waals surface area contributed by atoms with Crippen molar-refractivity contribution in [3.63, 3.8) is 0 Å². The number of para-hydroxylation sites is 1. The molecule has 130 valence electrons. The van der Waals surface area contributed by atoms with Gasteiger partial charge >= 0.3 is 0 Å². The molecule has 5 nitrogen and oxygen atoms in total. The maximum Gasteiger partial charge on any atom is 0.264 e. The zero-order chi connectivity index (χ0) is 17.9. The van der Waals surface area contributed by atoms with Crippen molar-refractivity contribution in [3.8, 4) is 0 Å². The van der Waals surface area contributed by atoms with Gasteiger partial charge in [0.2, 0.25) is 0 Å². The second-order valence-electron chi connectivity index (χ2n) is 6.18. The summed E-state index contributed by atoms with van der Waals surface area (Å²) in [5.41, 5.74) is -0.628. The first-order valence-corrected chi connectivity index (χ1v) is 8.44. The Morgan fingerprint density at radius 1 is 1.28 bits per heavy atom. The number of aliphatic hydroxyl groups is 1. The van der Waals surface area contributed by atoms with E-state index in [9.17, 15) is 14.7 Å². The Balaban J connectivity index is 1.84. The molecule has 0 saturated carbocycles. The van der Waals surface area contributed by atoms with Crippen LogP contribution in [0, 0.1) is 0 Å². The van der Waals surface area contributed by atoms with Crippen molar-refractivity contribution in [3.05, 3.63) is 60.1 Å². The summed E-state index contributed by atoms with van der Waals surface area (Å²) in [6.45, 7) is 2.58. The largest absolute Gasteiger partial charge is 0.465 e. The van der Waals surface area contributed by atoms with Crippen molar-refractivity contribution in [2.75, 3.05) is 11.4 Å². The highest BCUT2D eigenvalue weighted by molar-refractivity contribution is 6.10. The first kappa shape index (κ1) is 17.2. The second kappa shape index (κ2) is 7.07. The Bertz CT molecular complexity index is 794. The molecule has 0 aliphatic carbocycles. The molecular formula is C20H21NO4. The van der Waals surface area contributed by atoms with Crippen LogP contribution in [0.2, 0.25) is 0 Å². The number of hydrogen-bond acceptors (Lipinski definition) is 4. The van der Waals surface area contributed by atoms with Crippen LogP contribution in [-0.2, 0) is 15.2 Å². The van der Waals surface area contributed by atoms with E-state index >= 15 is 0 Å². The molecule has 1 unspecified atom stereocenters. The number of furan rings is 1. The van der Waals surface area contributed by atoms with Gasteiger partial charge in [-0.2, -0.15) is 0 Å². The van der Waals surface area contributed by atoms with Gasteiger partial charge in [0.05, 0.1) is 18.4 Å². The summed E-state index contributed by atoms with van der Waals surface area (Å²) >= 11 is 0. The molecular weight excluding hydrogens is 318 g/mol. The van der Waals surface area contributed by atoms with Gasteiger partial charge in [0.1, 0.15) is 5.76 Å². The van der Waals surface area contributed by atoms with E-state index in [-0.39, 0.29) is 12.2 Å². The summed E-state index contributed by atoms with van der Waals surface area (Å²) < 4.78 is 5.14. The number of amides is 1. The molecule has 0 saturated heterocycles. The highest BCUT2D eigenvalue weighted by Gasteiger charge is 2.50. The van der Waals surface area contributed by atoms with Crippen molar-refractivity contribution >= 4 is 23.5 Å². The zero-order valence-electron chi connectivity index (χ0n) is 14.1. The number of rotatable bonds is 7. The minimum atomic E-state index is -1.81. The predicted octanol–water partition coefficient (Wildman–Crippen LogP) is 3.29. The molecule has 1 aliphatic rings. The number of unbranched alkanes of at least 4 members (excludes halogenated alkanes) is 1. The normalized spacial score (nSPS) is 19.6. The van der Waals surface area contributed by atoms with Crippen molar-refractivity contribution in [1.29, 1.82) is 0 Å². The summed E-state index contributed by atoms with van der Waals surface area (Å²) in [5, 5.41) is 11.0.